The molecule has 1 atom stereocenters. The predicted octanol–water partition coefficient (Wildman–Crippen LogP) is 1.75. The van der Waals surface area contributed by atoms with Gasteiger partial charge in [0.2, 0.25) is 11.6 Å². The molecule has 4 nitrogen and oxygen atoms in total. The zero-order chi connectivity index (χ0) is 12.4. The van der Waals surface area contributed by atoms with Crippen molar-refractivity contribution in [1.29, 1.82) is 0 Å². The third-order valence-electron chi connectivity index (χ3n) is 2.91. The summed E-state index contributed by atoms with van der Waals surface area (Å²) >= 11 is 0. The van der Waals surface area contributed by atoms with Crippen molar-refractivity contribution in [2.24, 2.45) is 5.73 Å². The monoisotopic (exact) mass is 241 g/mol. The summed E-state index contributed by atoms with van der Waals surface area (Å²) in [6, 6.07) is 1.63. The summed E-state index contributed by atoms with van der Waals surface area (Å²) in [4.78, 5) is 0. The topological polar surface area (TPSA) is 64.7 Å². The maximum Gasteiger partial charge on any atom is 0.210 e. The number of halogens is 1. The van der Waals surface area contributed by atoms with E-state index in [1.165, 1.54) is 0 Å². The van der Waals surface area contributed by atoms with Crippen LogP contribution in [0.5, 0.6) is 17.2 Å². The molecular weight excluding hydrogens is 225 g/mol. The molecule has 0 saturated heterocycles. The summed E-state index contributed by atoms with van der Waals surface area (Å²) in [7, 11) is 0. The second-order valence-corrected chi connectivity index (χ2v) is 4.13. The normalized spacial score (nSPS) is 15.7. The molecule has 0 amide bonds. The molecule has 0 radical (unpaired) electrons. The molecular formula is C12H16FNO3. The summed E-state index contributed by atoms with van der Waals surface area (Å²) in [5.74, 6) is -0.788. The van der Waals surface area contributed by atoms with Crippen LogP contribution in [0.4, 0.5) is 4.39 Å². The lowest BCUT2D eigenvalue weighted by Gasteiger charge is -2.22. The molecule has 0 saturated carbocycles. The van der Waals surface area contributed by atoms with Crippen molar-refractivity contribution >= 4 is 0 Å². The van der Waals surface area contributed by atoms with Crippen LogP contribution in [0, 0.1) is 5.82 Å². The maximum absolute atomic E-state index is 13.9. The number of ether oxygens (including phenoxy) is 2. The summed E-state index contributed by atoms with van der Waals surface area (Å²) < 4.78 is 24.3. The van der Waals surface area contributed by atoms with Crippen LogP contribution in [0.1, 0.15) is 24.8 Å². The van der Waals surface area contributed by atoms with Crippen LogP contribution in [-0.2, 0) is 0 Å². The highest BCUT2D eigenvalue weighted by Gasteiger charge is 2.24. The van der Waals surface area contributed by atoms with E-state index < -0.39 is 5.82 Å². The molecule has 3 N–H and O–H groups in total. The van der Waals surface area contributed by atoms with Gasteiger partial charge in [-0.1, -0.05) is 6.92 Å². The molecule has 0 fully saturated rings. The third kappa shape index (κ3) is 2.15. The van der Waals surface area contributed by atoms with E-state index in [4.69, 9.17) is 15.2 Å². The van der Waals surface area contributed by atoms with Crippen molar-refractivity contribution in [2.75, 3.05) is 19.8 Å². The summed E-state index contributed by atoms with van der Waals surface area (Å²) in [6.45, 7) is 3.05. The smallest absolute Gasteiger partial charge is 0.210 e. The lowest BCUT2D eigenvalue weighted by atomic mass is 9.96. The van der Waals surface area contributed by atoms with E-state index in [1.807, 2.05) is 6.92 Å². The number of fused-ring (bicyclic) bond motifs is 1. The van der Waals surface area contributed by atoms with Crippen LogP contribution >= 0.6 is 0 Å². The number of hydrogen-bond donors (Lipinski definition) is 2. The molecule has 94 valence electrons. The van der Waals surface area contributed by atoms with Gasteiger partial charge in [-0.3, -0.25) is 0 Å². The number of phenolic OH excluding ortho intramolecular Hbond substituents is 1. The fourth-order valence-electron chi connectivity index (χ4n) is 1.94. The fourth-order valence-corrected chi connectivity index (χ4v) is 1.94. The molecule has 0 aliphatic carbocycles. The SMILES string of the molecule is CC(CCN)c1cc2c(c(F)c1O)OCCO2. The minimum atomic E-state index is -0.749. The predicted molar refractivity (Wildman–Crippen MR) is 61.1 cm³/mol. The van der Waals surface area contributed by atoms with Crippen molar-refractivity contribution < 1.29 is 19.0 Å². The Labute approximate surface area is 99.1 Å². The number of rotatable bonds is 3. The van der Waals surface area contributed by atoms with Crippen molar-refractivity contribution in [3.63, 3.8) is 0 Å². The first-order valence-corrected chi connectivity index (χ1v) is 5.66. The molecule has 1 aromatic carbocycles. The minimum Gasteiger partial charge on any atom is -0.505 e. The summed E-state index contributed by atoms with van der Waals surface area (Å²) in [5, 5.41) is 9.80. The second kappa shape index (κ2) is 4.79. The first kappa shape index (κ1) is 12.0. The largest absolute Gasteiger partial charge is 0.505 e. The van der Waals surface area contributed by atoms with Gasteiger partial charge in [0, 0.05) is 5.56 Å². The zero-order valence-corrected chi connectivity index (χ0v) is 9.70. The highest BCUT2D eigenvalue weighted by atomic mass is 19.1. The quantitative estimate of drug-likeness (QED) is 0.846. The molecule has 0 spiro atoms. The Morgan fingerprint density at radius 1 is 1.47 bits per heavy atom. The molecule has 1 unspecified atom stereocenters. The molecule has 1 aliphatic rings. The van der Waals surface area contributed by atoms with E-state index in [2.05, 4.69) is 0 Å². The van der Waals surface area contributed by atoms with Gasteiger partial charge in [0.25, 0.3) is 0 Å². The Bertz CT molecular complexity index is 423. The van der Waals surface area contributed by atoms with Crippen molar-refractivity contribution in [1.82, 2.24) is 0 Å². The lowest BCUT2D eigenvalue weighted by Crippen LogP contribution is -2.17. The van der Waals surface area contributed by atoms with Gasteiger partial charge in [-0.15, -0.1) is 0 Å². The van der Waals surface area contributed by atoms with Crippen LogP contribution < -0.4 is 15.2 Å². The minimum absolute atomic E-state index is 0.00236. The Morgan fingerprint density at radius 2 is 2.18 bits per heavy atom. The highest BCUT2D eigenvalue weighted by molar-refractivity contribution is 5.53. The Morgan fingerprint density at radius 3 is 2.88 bits per heavy atom. The average molecular weight is 241 g/mol. The molecule has 1 heterocycles. The van der Waals surface area contributed by atoms with Gasteiger partial charge in [0.1, 0.15) is 13.2 Å². The molecule has 5 heteroatoms. The van der Waals surface area contributed by atoms with E-state index in [0.29, 0.717) is 37.5 Å². The first-order valence-electron chi connectivity index (χ1n) is 5.66. The standard InChI is InChI=1S/C12H16FNO3/c1-7(2-3-14)8-6-9-12(10(13)11(8)15)17-5-4-16-9/h6-7,15H,2-5,14H2,1H3. The zero-order valence-electron chi connectivity index (χ0n) is 9.70. The van der Waals surface area contributed by atoms with E-state index >= 15 is 0 Å². The number of benzene rings is 1. The number of hydrogen-bond acceptors (Lipinski definition) is 4. The third-order valence-corrected chi connectivity index (χ3v) is 2.91. The Balaban J connectivity index is 2.43. The molecule has 0 aromatic heterocycles. The second-order valence-electron chi connectivity index (χ2n) is 4.13. The number of nitrogens with two attached hydrogens (primary N) is 1. The molecule has 17 heavy (non-hydrogen) atoms. The van der Waals surface area contributed by atoms with Gasteiger partial charge < -0.3 is 20.3 Å². The van der Waals surface area contributed by atoms with Gasteiger partial charge in [-0.25, -0.2) is 0 Å². The van der Waals surface area contributed by atoms with Gasteiger partial charge in [-0.05, 0) is 24.9 Å². The van der Waals surface area contributed by atoms with E-state index in [1.54, 1.807) is 6.07 Å². The highest BCUT2D eigenvalue weighted by Crippen LogP contribution is 2.42. The van der Waals surface area contributed by atoms with Crippen LogP contribution in [-0.4, -0.2) is 24.9 Å². The molecule has 1 aromatic rings. The maximum atomic E-state index is 13.9. The van der Waals surface area contributed by atoms with Crippen molar-refractivity contribution in [3.8, 4) is 17.2 Å². The number of phenols is 1. The van der Waals surface area contributed by atoms with Gasteiger partial charge >= 0.3 is 0 Å². The average Bonchev–Trinajstić information content (AvgIpc) is 2.34. The van der Waals surface area contributed by atoms with Crippen LogP contribution in [0.3, 0.4) is 0 Å². The van der Waals surface area contributed by atoms with Gasteiger partial charge in [-0.2, -0.15) is 4.39 Å². The van der Waals surface area contributed by atoms with E-state index in [-0.39, 0.29) is 17.4 Å². The first-order chi connectivity index (χ1) is 8.15. The van der Waals surface area contributed by atoms with Gasteiger partial charge in [0.05, 0.1) is 0 Å². The van der Waals surface area contributed by atoms with E-state index in [9.17, 15) is 9.50 Å². The van der Waals surface area contributed by atoms with E-state index in [0.717, 1.165) is 0 Å². The molecule has 1 aliphatic heterocycles. The van der Waals surface area contributed by atoms with Crippen LogP contribution in [0.15, 0.2) is 6.07 Å². The Kier molecular flexibility index (Phi) is 3.38. The van der Waals surface area contributed by atoms with Crippen molar-refractivity contribution in [2.45, 2.75) is 19.3 Å². The Hall–Kier alpha value is -1.49. The lowest BCUT2D eigenvalue weighted by molar-refractivity contribution is 0.162. The summed E-state index contributed by atoms with van der Waals surface area (Å²) in [5.41, 5.74) is 5.97. The molecule has 0 bridgehead atoms. The van der Waals surface area contributed by atoms with Crippen LogP contribution in [0.25, 0.3) is 0 Å². The fraction of sp³-hybridized carbons (Fsp3) is 0.500. The number of aromatic hydroxyl groups is 1. The summed E-state index contributed by atoms with van der Waals surface area (Å²) in [6.07, 6.45) is 0.673. The van der Waals surface area contributed by atoms with Gasteiger partial charge in [0.15, 0.2) is 11.5 Å². The van der Waals surface area contributed by atoms with Crippen LogP contribution in [0.2, 0.25) is 0 Å². The van der Waals surface area contributed by atoms with Crippen molar-refractivity contribution in [3.05, 3.63) is 17.4 Å². The molecule has 2 rings (SSSR count).